The molecule has 0 aromatic heterocycles. The lowest BCUT2D eigenvalue weighted by atomic mass is 10.1. The van der Waals surface area contributed by atoms with Gasteiger partial charge in [0.2, 0.25) is 0 Å². The first-order chi connectivity index (χ1) is 9.28. The third-order valence-electron chi connectivity index (χ3n) is 2.48. The SMILES string of the molecule is OCC#Cc1ccc(CSc2ccc(F)cc2)cc1. The van der Waals surface area contributed by atoms with Gasteiger partial charge in [0.25, 0.3) is 0 Å². The third kappa shape index (κ3) is 4.44. The van der Waals surface area contributed by atoms with Crippen LogP contribution >= 0.6 is 11.8 Å². The van der Waals surface area contributed by atoms with E-state index < -0.39 is 0 Å². The van der Waals surface area contributed by atoms with Crippen LogP contribution in [0.15, 0.2) is 53.4 Å². The lowest BCUT2D eigenvalue weighted by molar-refractivity contribution is 0.350. The fourth-order valence-corrected chi connectivity index (χ4v) is 2.38. The molecule has 0 unspecified atom stereocenters. The fraction of sp³-hybridized carbons (Fsp3) is 0.125. The molecular formula is C16H13FOS. The second-order valence-electron chi connectivity index (χ2n) is 3.90. The molecule has 0 aliphatic rings. The Kier molecular flexibility index (Phi) is 5.02. The maximum Gasteiger partial charge on any atom is 0.123 e. The molecule has 0 aliphatic carbocycles. The quantitative estimate of drug-likeness (QED) is 0.682. The molecule has 0 fully saturated rings. The zero-order valence-electron chi connectivity index (χ0n) is 10.3. The molecule has 0 saturated carbocycles. The first-order valence-corrected chi connectivity index (χ1v) is 6.83. The normalized spacial score (nSPS) is 9.79. The van der Waals surface area contributed by atoms with Crippen molar-refractivity contribution in [3.63, 3.8) is 0 Å². The van der Waals surface area contributed by atoms with Crippen LogP contribution in [0.5, 0.6) is 0 Å². The van der Waals surface area contributed by atoms with Crippen molar-refractivity contribution < 1.29 is 9.50 Å². The number of aliphatic hydroxyl groups excluding tert-OH is 1. The summed E-state index contributed by atoms with van der Waals surface area (Å²) in [7, 11) is 0. The minimum atomic E-state index is -0.212. The topological polar surface area (TPSA) is 20.2 Å². The molecule has 0 aliphatic heterocycles. The van der Waals surface area contributed by atoms with Crippen molar-refractivity contribution >= 4 is 11.8 Å². The van der Waals surface area contributed by atoms with Gasteiger partial charge in [-0.3, -0.25) is 0 Å². The average molecular weight is 272 g/mol. The van der Waals surface area contributed by atoms with Crippen LogP contribution in [-0.4, -0.2) is 11.7 Å². The molecule has 0 heterocycles. The van der Waals surface area contributed by atoms with Crippen molar-refractivity contribution in [1.82, 2.24) is 0 Å². The van der Waals surface area contributed by atoms with Gasteiger partial charge in [-0.2, -0.15) is 0 Å². The van der Waals surface area contributed by atoms with Gasteiger partial charge in [0.05, 0.1) is 0 Å². The highest BCUT2D eigenvalue weighted by atomic mass is 32.2. The lowest BCUT2D eigenvalue weighted by Gasteiger charge is -2.02. The van der Waals surface area contributed by atoms with Gasteiger partial charge in [-0.25, -0.2) is 4.39 Å². The second kappa shape index (κ2) is 6.98. The van der Waals surface area contributed by atoms with Gasteiger partial charge in [-0.05, 0) is 42.0 Å². The van der Waals surface area contributed by atoms with Crippen LogP contribution in [0.4, 0.5) is 4.39 Å². The van der Waals surface area contributed by atoms with Crippen molar-refractivity contribution in [2.24, 2.45) is 0 Å². The van der Waals surface area contributed by atoms with Crippen molar-refractivity contribution in [2.45, 2.75) is 10.6 Å². The Hall–Kier alpha value is -1.76. The molecule has 2 rings (SSSR count). The number of hydrogen-bond acceptors (Lipinski definition) is 2. The van der Waals surface area contributed by atoms with Crippen molar-refractivity contribution in [3.8, 4) is 11.8 Å². The highest BCUT2D eigenvalue weighted by Gasteiger charge is 1.97. The van der Waals surface area contributed by atoms with E-state index in [2.05, 4.69) is 11.8 Å². The maximum absolute atomic E-state index is 12.8. The van der Waals surface area contributed by atoms with E-state index in [9.17, 15) is 4.39 Å². The van der Waals surface area contributed by atoms with Crippen LogP contribution < -0.4 is 0 Å². The highest BCUT2D eigenvalue weighted by molar-refractivity contribution is 7.98. The summed E-state index contributed by atoms with van der Waals surface area (Å²) < 4.78 is 12.8. The van der Waals surface area contributed by atoms with E-state index in [1.165, 1.54) is 17.7 Å². The molecule has 3 heteroatoms. The molecule has 0 bridgehead atoms. The summed E-state index contributed by atoms with van der Waals surface area (Å²) in [6.07, 6.45) is 0. The van der Waals surface area contributed by atoms with E-state index in [0.29, 0.717) is 0 Å². The van der Waals surface area contributed by atoms with Crippen LogP contribution in [0.1, 0.15) is 11.1 Å². The summed E-state index contributed by atoms with van der Waals surface area (Å²) in [5, 5.41) is 8.61. The van der Waals surface area contributed by atoms with Crippen molar-refractivity contribution in [1.29, 1.82) is 0 Å². The average Bonchev–Trinajstić information content (AvgIpc) is 2.46. The number of thioether (sulfide) groups is 1. The zero-order chi connectivity index (χ0) is 13.5. The summed E-state index contributed by atoms with van der Waals surface area (Å²) in [4.78, 5) is 1.05. The molecule has 19 heavy (non-hydrogen) atoms. The van der Waals surface area contributed by atoms with Gasteiger partial charge >= 0.3 is 0 Å². The van der Waals surface area contributed by atoms with Gasteiger partial charge < -0.3 is 5.11 Å². The molecule has 2 aromatic rings. The Labute approximate surface area is 116 Å². The monoisotopic (exact) mass is 272 g/mol. The van der Waals surface area contributed by atoms with Crippen LogP contribution in [0.2, 0.25) is 0 Å². The van der Waals surface area contributed by atoms with Crippen LogP contribution in [-0.2, 0) is 5.75 Å². The predicted molar refractivity (Wildman–Crippen MR) is 76.4 cm³/mol. The summed E-state index contributed by atoms with van der Waals surface area (Å²) in [6.45, 7) is -0.123. The van der Waals surface area contributed by atoms with E-state index in [1.54, 1.807) is 23.9 Å². The summed E-state index contributed by atoms with van der Waals surface area (Å²) in [5.74, 6) is 6.09. The Morgan fingerprint density at radius 2 is 1.68 bits per heavy atom. The molecular weight excluding hydrogens is 259 g/mol. The van der Waals surface area contributed by atoms with Crippen LogP contribution in [0.25, 0.3) is 0 Å². The minimum Gasteiger partial charge on any atom is -0.384 e. The van der Waals surface area contributed by atoms with Gasteiger partial charge in [0.15, 0.2) is 0 Å². The molecule has 0 spiro atoms. The van der Waals surface area contributed by atoms with E-state index in [-0.39, 0.29) is 12.4 Å². The summed E-state index contributed by atoms with van der Waals surface area (Å²) in [6, 6.07) is 14.4. The van der Waals surface area contributed by atoms with Gasteiger partial charge in [0, 0.05) is 16.2 Å². The smallest absolute Gasteiger partial charge is 0.123 e. The Morgan fingerprint density at radius 1 is 1.00 bits per heavy atom. The highest BCUT2D eigenvalue weighted by Crippen LogP contribution is 2.22. The third-order valence-corrected chi connectivity index (χ3v) is 3.57. The van der Waals surface area contributed by atoms with Gasteiger partial charge in [0.1, 0.15) is 12.4 Å². The number of rotatable bonds is 3. The van der Waals surface area contributed by atoms with Gasteiger partial charge in [-0.1, -0.05) is 24.0 Å². The lowest BCUT2D eigenvalue weighted by Crippen LogP contribution is -1.83. The van der Waals surface area contributed by atoms with Crippen LogP contribution in [0.3, 0.4) is 0 Å². The largest absolute Gasteiger partial charge is 0.384 e. The second-order valence-corrected chi connectivity index (χ2v) is 4.95. The zero-order valence-corrected chi connectivity index (χ0v) is 11.1. The Bertz CT molecular complexity index is 579. The van der Waals surface area contributed by atoms with Crippen molar-refractivity contribution in [2.75, 3.05) is 6.61 Å². The minimum absolute atomic E-state index is 0.123. The van der Waals surface area contributed by atoms with Crippen LogP contribution in [0, 0.1) is 17.7 Å². The molecule has 0 saturated heterocycles. The first-order valence-electron chi connectivity index (χ1n) is 5.85. The molecule has 1 nitrogen and oxygen atoms in total. The maximum atomic E-state index is 12.8. The Morgan fingerprint density at radius 3 is 2.32 bits per heavy atom. The Balaban J connectivity index is 1.94. The standard InChI is InChI=1S/C16H13FOS/c17-15-7-9-16(10-8-15)19-12-14-5-3-13(4-6-14)2-1-11-18/h3-10,18H,11-12H2. The number of benzene rings is 2. The molecule has 96 valence electrons. The van der Waals surface area contributed by atoms with E-state index in [4.69, 9.17) is 5.11 Å². The van der Waals surface area contributed by atoms with Crippen molar-refractivity contribution in [3.05, 3.63) is 65.5 Å². The molecule has 0 amide bonds. The summed E-state index contributed by atoms with van der Waals surface area (Å²) in [5.41, 5.74) is 2.08. The van der Waals surface area contributed by atoms with E-state index in [1.807, 2.05) is 24.3 Å². The first kappa shape index (κ1) is 13.7. The number of halogens is 1. The fourth-order valence-electron chi connectivity index (χ4n) is 1.52. The molecule has 2 aromatic carbocycles. The molecule has 0 atom stereocenters. The van der Waals surface area contributed by atoms with E-state index >= 15 is 0 Å². The summed E-state index contributed by atoms with van der Waals surface area (Å²) >= 11 is 1.66. The molecule has 0 radical (unpaired) electrons. The number of aliphatic hydroxyl groups is 1. The van der Waals surface area contributed by atoms with Gasteiger partial charge in [-0.15, -0.1) is 11.8 Å². The predicted octanol–water partition coefficient (Wildman–Crippen LogP) is 3.46. The van der Waals surface area contributed by atoms with E-state index in [0.717, 1.165) is 16.2 Å². The molecule has 1 N–H and O–H groups in total. The number of hydrogen-bond donors (Lipinski definition) is 1.